The Kier molecular flexibility index (Phi) is 4.97. The van der Waals surface area contributed by atoms with E-state index in [1.54, 1.807) is 0 Å². The maximum absolute atomic E-state index is 5.91. The molecule has 0 aliphatic heterocycles. The molecule has 1 rings (SSSR count). The Morgan fingerprint density at radius 3 is 2.47 bits per heavy atom. The molecular weight excluding hydrogens is 212 g/mol. The Balaban J connectivity index is 2.35. The molecule has 1 aromatic rings. The van der Waals surface area contributed by atoms with Gasteiger partial charge in [-0.2, -0.15) is 0 Å². The van der Waals surface area contributed by atoms with Crippen LogP contribution in [0.15, 0.2) is 24.3 Å². The van der Waals surface area contributed by atoms with Crippen molar-refractivity contribution in [2.45, 2.75) is 32.9 Å². The number of para-hydroxylation sites is 1. The number of rotatable bonds is 5. The van der Waals surface area contributed by atoms with Crippen molar-refractivity contribution in [2.75, 3.05) is 25.9 Å². The van der Waals surface area contributed by atoms with Crippen LogP contribution in [0.3, 0.4) is 0 Å². The zero-order chi connectivity index (χ0) is 12.9. The molecule has 0 fully saturated rings. The van der Waals surface area contributed by atoms with Gasteiger partial charge < -0.3 is 10.5 Å². The average Bonchev–Trinajstić information content (AvgIpc) is 2.19. The molecule has 0 aromatic heterocycles. The summed E-state index contributed by atoms with van der Waals surface area (Å²) in [6, 6.07) is 7.98. The van der Waals surface area contributed by atoms with E-state index in [9.17, 15) is 0 Å². The SMILES string of the molecule is CN(CCOC(C)(C)C)Cc1ccccc1N. The van der Waals surface area contributed by atoms with Crippen molar-refractivity contribution >= 4 is 5.69 Å². The third-order valence-electron chi connectivity index (χ3n) is 2.50. The summed E-state index contributed by atoms with van der Waals surface area (Å²) in [5, 5.41) is 0. The predicted molar refractivity (Wildman–Crippen MR) is 72.9 cm³/mol. The van der Waals surface area contributed by atoms with Crippen LogP contribution < -0.4 is 5.73 Å². The Morgan fingerprint density at radius 1 is 1.24 bits per heavy atom. The van der Waals surface area contributed by atoms with E-state index in [-0.39, 0.29) is 5.60 Å². The summed E-state index contributed by atoms with van der Waals surface area (Å²) in [6.45, 7) is 8.73. The normalized spacial score (nSPS) is 12.1. The van der Waals surface area contributed by atoms with Gasteiger partial charge in [-0.15, -0.1) is 0 Å². The van der Waals surface area contributed by atoms with Crippen LogP contribution in [0.2, 0.25) is 0 Å². The van der Waals surface area contributed by atoms with E-state index in [1.165, 1.54) is 5.56 Å². The summed E-state index contributed by atoms with van der Waals surface area (Å²) in [7, 11) is 2.08. The van der Waals surface area contributed by atoms with Crippen LogP contribution in [0.1, 0.15) is 26.3 Å². The molecule has 0 saturated carbocycles. The van der Waals surface area contributed by atoms with Gasteiger partial charge in [0.05, 0.1) is 12.2 Å². The third kappa shape index (κ3) is 5.71. The van der Waals surface area contributed by atoms with Crippen molar-refractivity contribution in [3.05, 3.63) is 29.8 Å². The lowest BCUT2D eigenvalue weighted by atomic mass is 10.2. The Hall–Kier alpha value is -1.06. The number of nitrogens with two attached hydrogens (primary N) is 1. The van der Waals surface area contributed by atoms with Crippen LogP contribution in [0.5, 0.6) is 0 Å². The first-order chi connectivity index (χ1) is 7.88. The molecule has 0 aliphatic rings. The number of benzene rings is 1. The molecule has 0 unspecified atom stereocenters. The number of nitrogen functional groups attached to an aromatic ring is 1. The minimum atomic E-state index is -0.0629. The van der Waals surface area contributed by atoms with Crippen LogP contribution in [-0.2, 0) is 11.3 Å². The molecule has 0 aliphatic carbocycles. The summed E-state index contributed by atoms with van der Waals surface area (Å²) < 4.78 is 5.70. The van der Waals surface area contributed by atoms with Crippen LogP contribution >= 0.6 is 0 Å². The van der Waals surface area contributed by atoms with Gasteiger partial charge in [-0.05, 0) is 39.4 Å². The fraction of sp³-hybridized carbons (Fsp3) is 0.571. The minimum absolute atomic E-state index is 0.0629. The first kappa shape index (κ1) is 14.0. The standard InChI is InChI=1S/C14H24N2O/c1-14(2,3)17-10-9-16(4)11-12-7-5-6-8-13(12)15/h5-8H,9-11,15H2,1-4H3. The van der Waals surface area contributed by atoms with Crippen molar-refractivity contribution in [3.63, 3.8) is 0 Å². The fourth-order valence-electron chi connectivity index (χ4n) is 1.56. The van der Waals surface area contributed by atoms with Crippen LogP contribution in [-0.4, -0.2) is 30.7 Å². The number of likely N-dealkylation sites (N-methyl/N-ethyl adjacent to an activating group) is 1. The number of nitrogens with zero attached hydrogens (tertiary/aromatic N) is 1. The topological polar surface area (TPSA) is 38.5 Å². The van der Waals surface area contributed by atoms with Gasteiger partial charge >= 0.3 is 0 Å². The lowest BCUT2D eigenvalue weighted by Gasteiger charge is -2.23. The smallest absolute Gasteiger partial charge is 0.0600 e. The van der Waals surface area contributed by atoms with Crippen LogP contribution in [0.25, 0.3) is 0 Å². The predicted octanol–water partition coefficient (Wildman–Crippen LogP) is 2.52. The van der Waals surface area contributed by atoms with Gasteiger partial charge in [-0.1, -0.05) is 18.2 Å². The fourth-order valence-corrected chi connectivity index (χ4v) is 1.56. The van der Waals surface area contributed by atoms with E-state index in [4.69, 9.17) is 10.5 Å². The van der Waals surface area contributed by atoms with Gasteiger partial charge in [-0.25, -0.2) is 0 Å². The molecule has 96 valence electrons. The van der Waals surface area contributed by atoms with Gasteiger partial charge in [0.15, 0.2) is 0 Å². The lowest BCUT2D eigenvalue weighted by Crippen LogP contribution is -2.28. The summed E-state index contributed by atoms with van der Waals surface area (Å²) in [6.07, 6.45) is 0. The van der Waals surface area contributed by atoms with E-state index < -0.39 is 0 Å². The molecule has 3 nitrogen and oxygen atoms in total. The van der Waals surface area contributed by atoms with Crippen molar-refractivity contribution < 1.29 is 4.74 Å². The van der Waals surface area contributed by atoms with Gasteiger partial charge in [0.25, 0.3) is 0 Å². The molecule has 0 saturated heterocycles. The summed E-state index contributed by atoms with van der Waals surface area (Å²) >= 11 is 0. The number of ether oxygens (including phenoxy) is 1. The van der Waals surface area contributed by atoms with E-state index in [1.807, 2.05) is 18.2 Å². The summed E-state index contributed by atoms with van der Waals surface area (Å²) in [5.41, 5.74) is 7.88. The highest BCUT2D eigenvalue weighted by Gasteiger charge is 2.10. The zero-order valence-corrected chi connectivity index (χ0v) is 11.4. The van der Waals surface area contributed by atoms with E-state index in [0.29, 0.717) is 0 Å². The van der Waals surface area contributed by atoms with Gasteiger partial charge in [-0.3, -0.25) is 4.90 Å². The Morgan fingerprint density at radius 2 is 1.88 bits per heavy atom. The largest absolute Gasteiger partial charge is 0.398 e. The van der Waals surface area contributed by atoms with E-state index in [2.05, 4.69) is 38.8 Å². The molecule has 17 heavy (non-hydrogen) atoms. The highest BCUT2D eigenvalue weighted by Crippen LogP contribution is 2.12. The highest BCUT2D eigenvalue weighted by atomic mass is 16.5. The van der Waals surface area contributed by atoms with Gasteiger partial charge in [0, 0.05) is 18.8 Å². The quantitative estimate of drug-likeness (QED) is 0.798. The van der Waals surface area contributed by atoms with E-state index >= 15 is 0 Å². The van der Waals surface area contributed by atoms with Gasteiger partial charge in [0.2, 0.25) is 0 Å². The van der Waals surface area contributed by atoms with Crippen molar-refractivity contribution in [1.29, 1.82) is 0 Å². The minimum Gasteiger partial charge on any atom is -0.398 e. The first-order valence-corrected chi connectivity index (χ1v) is 6.04. The molecule has 2 N–H and O–H groups in total. The first-order valence-electron chi connectivity index (χ1n) is 6.04. The number of hydrogen-bond acceptors (Lipinski definition) is 3. The van der Waals surface area contributed by atoms with Crippen molar-refractivity contribution in [1.82, 2.24) is 4.90 Å². The molecule has 0 radical (unpaired) electrons. The van der Waals surface area contributed by atoms with Crippen LogP contribution in [0.4, 0.5) is 5.69 Å². The van der Waals surface area contributed by atoms with Crippen molar-refractivity contribution in [2.24, 2.45) is 0 Å². The number of hydrogen-bond donors (Lipinski definition) is 1. The zero-order valence-electron chi connectivity index (χ0n) is 11.4. The lowest BCUT2D eigenvalue weighted by molar-refractivity contribution is -0.0113. The summed E-state index contributed by atoms with van der Waals surface area (Å²) in [4.78, 5) is 2.22. The molecule has 0 spiro atoms. The van der Waals surface area contributed by atoms with Crippen molar-refractivity contribution in [3.8, 4) is 0 Å². The Labute approximate surface area is 105 Å². The number of anilines is 1. The molecular formula is C14H24N2O. The average molecular weight is 236 g/mol. The molecule has 0 bridgehead atoms. The molecule has 0 atom stereocenters. The molecule has 1 aromatic carbocycles. The maximum Gasteiger partial charge on any atom is 0.0600 e. The second kappa shape index (κ2) is 6.03. The second-order valence-electron chi connectivity index (χ2n) is 5.40. The highest BCUT2D eigenvalue weighted by molar-refractivity contribution is 5.46. The van der Waals surface area contributed by atoms with Gasteiger partial charge in [0.1, 0.15) is 0 Å². The molecule has 0 heterocycles. The summed E-state index contributed by atoms with van der Waals surface area (Å²) in [5.74, 6) is 0. The Bertz CT molecular complexity index is 344. The monoisotopic (exact) mass is 236 g/mol. The van der Waals surface area contributed by atoms with E-state index in [0.717, 1.165) is 25.4 Å². The molecule has 0 amide bonds. The third-order valence-corrected chi connectivity index (χ3v) is 2.50. The molecule has 3 heteroatoms. The van der Waals surface area contributed by atoms with Crippen LogP contribution in [0, 0.1) is 0 Å². The maximum atomic E-state index is 5.91. The second-order valence-corrected chi connectivity index (χ2v) is 5.40.